The van der Waals surface area contributed by atoms with Gasteiger partial charge in [-0.05, 0) is 59.8 Å². The van der Waals surface area contributed by atoms with Gasteiger partial charge in [-0.2, -0.15) is 13.2 Å². The van der Waals surface area contributed by atoms with Crippen molar-refractivity contribution >= 4 is 45.8 Å². The van der Waals surface area contributed by atoms with Gasteiger partial charge in [0.1, 0.15) is 11.4 Å². The molecule has 1 saturated heterocycles. The summed E-state index contributed by atoms with van der Waals surface area (Å²) in [6.07, 6.45) is -5.18. The Labute approximate surface area is 250 Å². The first-order valence-electron chi connectivity index (χ1n) is 12.3. The molecular formula is C28H24F6IN3O4. The van der Waals surface area contributed by atoms with Crippen molar-refractivity contribution in [2.45, 2.75) is 30.3 Å². The van der Waals surface area contributed by atoms with Gasteiger partial charge in [-0.3, -0.25) is 9.59 Å². The normalized spacial score (nSPS) is 16.7. The lowest BCUT2D eigenvalue weighted by molar-refractivity contribution is -0.266. The van der Waals surface area contributed by atoms with Crippen molar-refractivity contribution < 1.29 is 45.8 Å². The molecule has 3 aromatic carbocycles. The van der Waals surface area contributed by atoms with E-state index in [0.717, 1.165) is 36.3 Å². The number of anilines is 2. The molecule has 2 amide bonds. The van der Waals surface area contributed by atoms with Gasteiger partial charge in [-0.25, -0.2) is 13.2 Å². The molecule has 1 aliphatic rings. The summed E-state index contributed by atoms with van der Waals surface area (Å²) in [6.45, 7) is 0.313. The first-order chi connectivity index (χ1) is 19.6. The Balaban J connectivity index is 1.53. The molecule has 0 aliphatic carbocycles. The van der Waals surface area contributed by atoms with Gasteiger partial charge in [-0.1, -0.05) is 30.3 Å². The second kappa shape index (κ2) is 11.7. The lowest BCUT2D eigenvalue weighted by atomic mass is 9.84. The molecule has 1 heterocycles. The number of likely N-dealkylation sites (tertiary alicyclic amines) is 1. The van der Waals surface area contributed by atoms with E-state index >= 15 is 0 Å². The first-order valence-corrected chi connectivity index (χ1v) is 13.4. The Morgan fingerprint density at radius 2 is 1.67 bits per heavy atom. The van der Waals surface area contributed by atoms with E-state index in [0.29, 0.717) is 9.64 Å². The Morgan fingerprint density at radius 1 is 1.02 bits per heavy atom. The maximum atomic E-state index is 14.8. The molecule has 0 unspecified atom stereocenters. The number of ether oxygens (including phenoxy) is 1. The van der Waals surface area contributed by atoms with Crippen molar-refractivity contribution in [1.29, 1.82) is 0 Å². The third-order valence-corrected chi connectivity index (χ3v) is 7.76. The van der Waals surface area contributed by atoms with Crippen molar-refractivity contribution in [2.75, 3.05) is 25.5 Å². The van der Waals surface area contributed by atoms with Crippen LogP contribution >= 0.6 is 22.6 Å². The van der Waals surface area contributed by atoms with Crippen molar-refractivity contribution in [3.8, 4) is 0 Å². The number of aliphatic hydroxyl groups is 1. The Morgan fingerprint density at radius 3 is 2.24 bits per heavy atom. The van der Waals surface area contributed by atoms with E-state index < -0.39 is 77.0 Å². The van der Waals surface area contributed by atoms with Crippen LogP contribution in [0.25, 0.3) is 0 Å². The van der Waals surface area contributed by atoms with E-state index in [4.69, 9.17) is 4.74 Å². The summed E-state index contributed by atoms with van der Waals surface area (Å²) in [5.74, 6) is -5.99. The number of hydrogen-bond donors (Lipinski definition) is 3. The molecule has 1 aliphatic heterocycles. The third-order valence-electron chi connectivity index (χ3n) is 7.09. The van der Waals surface area contributed by atoms with Crippen LogP contribution in [0, 0.1) is 21.0 Å². The molecule has 0 aromatic heterocycles. The molecule has 0 bridgehead atoms. The molecule has 0 saturated carbocycles. The maximum Gasteiger partial charge on any atom is 0.430 e. The van der Waals surface area contributed by atoms with Crippen LogP contribution in [-0.2, 0) is 15.1 Å². The summed E-state index contributed by atoms with van der Waals surface area (Å²) in [7, 11) is 0.735. The zero-order valence-corrected chi connectivity index (χ0v) is 24.2. The minimum absolute atomic E-state index is 0.227. The zero-order valence-electron chi connectivity index (χ0n) is 22.0. The van der Waals surface area contributed by atoms with Crippen LogP contribution in [0.1, 0.15) is 22.8 Å². The number of nitrogens with zero attached hydrogens (tertiary/aromatic N) is 1. The number of hydrogen-bond acceptors (Lipinski definition) is 5. The molecule has 2 atom stereocenters. The van der Waals surface area contributed by atoms with E-state index in [-0.39, 0.29) is 11.3 Å². The fourth-order valence-electron chi connectivity index (χ4n) is 4.63. The fourth-order valence-corrected chi connectivity index (χ4v) is 5.09. The van der Waals surface area contributed by atoms with Crippen LogP contribution in [0.5, 0.6) is 0 Å². The summed E-state index contributed by atoms with van der Waals surface area (Å²) in [4.78, 5) is 27.3. The van der Waals surface area contributed by atoms with Gasteiger partial charge >= 0.3 is 6.18 Å². The number of methoxy groups -OCH3 is 1. The fraction of sp³-hybridized carbons (Fsp3) is 0.286. The van der Waals surface area contributed by atoms with Crippen molar-refractivity contribution in [1.82, 2.24) is 10.2 Å². The molecule has 1 fully saturated rings. The summed E-state index contributed by atoms with van der Waals surface area (Å²) >= 11 is 1.86. The summed E-state index contributed by atoms with van der Waals surface area (Å²) < 4.78 is 91.2. The number of carbonyl (C=O) groups is 2. The topological polar surface area (TPSA) is 90.9 Å². The molecule has 7 nitrogen and oxygen atoms in total. The quantitative estimate of drug-likeness (QED) is 0.220. The highest BCUT2D eigenvalue weighted by atomic mass is 127. The number of alkyl halides is 3. The van der Waals surface area contributed by atoms with E-state index in [1.54, 1.807) is 0 Å². The van der Waals surface area contributed by atoms with E-state index in [9.17, 15) is 41.0 Å². The zero-order chi connectivity index (χ0) is 31.0. The van der Waals surface area contributed by atoms with Gasteiger partial charge in [0.05, 0.1) is 36.1 Å². The Bertz CT molecular complexity index is 1500. The molecule has 42 heavy (non-hydrogen) atoms. The van der Waals surface area contributed by atoms with E-state index in [1.807, 2.05) is 22.6 Å². The van der Waals surface area contributed by atoms with Gasteiger partial charge in [-0.15, -0.1) is 0 Å². The molecule has 3 N–H and O–H groups in total. The molecule has 0 radical (unpaired) electrons. The second-order valence-electron chi connectivity index (χ2n) is 9.74. The van der Waals surface area contributed by atoms with Crippen LogP contribution < -0.4 is 10.6 Å². The second-order valence-corrected chi connectivity index (χ2v) is 11.0. The highest BCUT2D eigenvalue weighted by Crippen LogP contribution is 2.42. The third kappa shape index (κ3) is 5.66. The Kier molecular flexibility index (Phi) is 8.81. The monoisotopic (exact) mass is 707 g/mol. The highest BCUT2D eigenvalue weighted by Gasteiger charge is 2.63. The van der Waals surface area contributed by atoms with Crippen LogP contribution in [0.2, 0.25) is 0 Å². The van der Waals surface area contributed by atoms with E-state index in [2.05, 4.69) is 10.6 Å². The smallest absolute Gasteiger partial charge is 0.384 e. The number of amides is 2. The number of rotatable bonds is 8. The molecule has 14 heteroatoms. The predicted molar refractivity (Wildman–Crippen MR) is 148 cm³/mol. The van der Waals surface area contributed by atoms with Crippen molar-refractivity contribution in [3.05, 3.63) is 92.8 Å². The predicted octanol–water partition coefficient (Wildman–Crippen LogP) is 5.25. The van der Waals surface area contributed by atoms with Crippen molar-refractivity contribution in [2.24, 2.45) is 0 Å². The molecule has 3 aromatic rings. The molecule has 4 rings (SSSR count). The number of benzene rings is 3. The van der Waals surface area contributed by atoms with Crippen LogP contribution in [0.15, 0.2) is 60.7 Å². The average Bonchev–Trinajstić information content (AvgIpc) is 2.91. The first kappa shape index (κ1) is 31.6. The van der Waals surface area contributed by atoms with Gasteiger partial charge < -0.3 is 25.4 Å². The minimum Gasteiger partial charge on any atom is -0.384 e. The molecule has 224 valence electrons. The van der Waals surface area contributed by atoms with Crippen LogP contribution in [-0.4, -0.2) is 59.8 Å². The summed E-state index contributed by atoms with van der Waals surface area (Å²) in [5, 5.41) is 15.6. The van der Waals surface area contributed by atoms with Crippen LogP contribution in [0.3, 0.4) is 0 Å². The SMILES string of the molecule is CO[C@@](C(=O)N[C@@H](C)C1(O)CN(C(=O)c2ccc(F)c(F)c2Nc2ccc(I)cc2F)C1)(c1ccccc1)C(F)(F)F. The molecular weight excluding hydrogens is 683 g/mol. The molecule has 0 spiro atoms. The number of β-amino-alcohol motifs (C(OH)–C–C–N with tert-alkyl or cyclic N) is 1. The standard InChI is InChI=1S/C28H24F6IN3O4/c1-15(36-25(40)27(42-2,28(32,33)34)16-6-4-3-5-7-16)26(41)13-38(14-26)24(39)18-9-10-19(29)22(31)23(18)37-21-11-8-17(35)12-20(21)30/h3-12,15,37,41H,13-14H2,1-2H3,(H,36,40)/t15-,27+/m0/s1. The van der Waals surface area contributed by atoms with Gasteiger partial charge in [0.25, 0.3) is 17.4 Å². The number of halogens is 7. The van der Waals surface area contributed by atoms with Crippen LogP contribution in [0.4, 0.5) is 37.7 Å². The summed E-state index contributed by atoms with van der Waals surface area (Å²) in [6, 6.07) is 10.5. The van der Waals surface area contributed by atoms with E-state index in [1.165, 1.54) is 37.3 Å². The lowest BCUT2D eigenvalue weighted by Crippen LogP contribution is -2.72. The van der Waals surface area contributed by atoms with Crippen molar-refractivity contribution in [3.63, 3.8) is 0 Å². The maximum absolute atomic E-state index is 14.8. The minimum atomic E-state index is -5.18. The average molecular weight is 707 g/mol. The van der Waals surface area contributed by atoms with Gasteiger partial charge in [0, 0.05) is 16.2 Å². The summed E-state index contributed by atoms with van der Waals surface area (Å²) in [5.41, 5.74) is -6.99. The lowest BCUT2D eigenvalue weighted by Gasteiger charge is -2.50. The largest absolute Gasteiger partial charge is 0.430 e. The van der Waals surface area contributed by atoms with Gasteiger partial charge in [0.15, 0.2) is 11.6 Å². The highest BCUT2D eigenvalue weighted by molar-refractivity contribution is 14.1. The number of nitrogens with one attached hydrogen (secondary N) is 2. The Hall–Kier alpha value is -3.37. The number of carbonyl (C=O) groups excluding carboxylic acids is 2. The van der Waals surface area contributed by atoms with Gasteiger partial charge in [0.2, 0.25) is 0 Å².